The molecular formula is C25H21ClN2O3. The van der Waals surface area contributed by atoms with E-state index in [1.165, 1.54) is 0 Å². The van der Waals surface area contributed by atoms with Gasteiger partial charge in [-0.3, -0.25) is 4.79 Å². The highest BCUT2D eigenvalue weighted by molar-refractivity contribution is 6.30. The molecule has 0 saturated carbocycles. The molecule has 0 fully saturated rings. The van der Waals surface area contributed by atoms with Crippen molar-refractivity contribution in [1.82, 2.24) is 10.3 Å². The van der Waals surface area contributed by atoms with Crippen LogP contribution in [-0.2, 0) is 0 Å². The molecule has 1 N–H and O–H groups in total. The number of benzene rings is 3. The number of ether oxygens (including phenoxy) is 1. The molecule has 0 aliphatic heterocycles. The minimum Gasteiger partial charge on any atom is -0.497 e. The second kappa shape index (κ2) is 9.06. The van der Waals surface area contributed by atoms with Gasteiger partial charge in [0.25, 0.3) is 5.91 Å². The maximum atomic E-state index is 13.0. The normalized spacial score (nSPS) is 11.7. The molecule has 1 heterocycles. The van der Waals surface area contributed by atoms with E-state index in [1.807, 2.05) is 61.5 Å². The molecule has 1 atom stereocenters. The van der Waals surface area contributed by atoms with Gasteiger partial charge in [0.05, 0.1) is 24.9 Å². The van der Waals surface area contributed by atoms with Gasteiger partial charge in [-0.25, -0.2) is 4.98 Å². The molecule has 0 bridgehead atoms. The molecule has 0 spiro atoms. The Morgan fingerprint density at radius 3 is 2.45 bits per heavy atom. The van der Waals surface area contributed by atoms with E-state index in [0.29, 0.717) is 27.8 Å². The number of rotatable bonds is 6. The number of methoxy groups -OCH3 is 1. The summed E-state index contributed by atoms with van der Waals surface area (Å²) in [6.45, 7) is 1.93. The van der Waals surface area contributed by atoms with Crippen LogP contribution in [0.15, 0.2) is 83.4 Å². The van der Waals surface area contributed by atoms with Gasteiger partial charge in [0.1, 0.15) is 5.75 Å². The van der Waals surface area contributed by atoms with E-state index in [1.54, 1.807) is 31.5 Å². The molecule has 0 saturated heterocycles. The largest absolute Gasteiger partial charge is 0.497 e. The molecule has 6 heteroatoms. The predicted molar refractivity (Wildman–Crippen MR) is 121 cm³/mol. The summed E-state index contributed by atoms with van der Waals surface area (Å²) in [5.41, 5.74) is 2.96. The van der Waals surface area contributed by atoms with Gasteiger partial charge < -0.3 is 14.5 Å². The van der Waals surface area contributed by atoms with Crippen molar-refractivity contribution in [2.24, 2.45) is 0 Å². The number of amides is 1. The molecule has 1 aromatic heterocycles. The number of carbonyl (C=O) groups excluding carboxylic acids is 1. The summed E-state index contributed by atoms with van der Waals surface area (Å²) in [6, 6.07) is 22.0. The zero-order valence-corrected chi connectivity index (χ0v) is 17.9. The molecule has 4 rings (SSSR count). The number of hydrogen-bond donors (Lipinski definition) is 1. The smallest absolute Gasteiger partial charge is 0.252 e. The van der Waals surface area contributed by atoms with Crippen molar-refractivity contribution in [2.75, 3.05) is 7.11 Å². The summed E-state index contributed by atoms with van der Waals surface area (Å²) in [5.74, 6) is 1.56. The fraction of sp³-hybridized carbons (Fsp3) is 0.120. The molecule has 156 valence electrons. The number of nitrogens with zero attached hydrogens (tertiary/aromatic N) is 1. The molecular weight excluding hydrogens is 412 g/mol. The first-order valence-electron chi connectivity index (χ1n) is 9.81. The Morgan fingerprint density at radius 2 is 1.74 bits per heavy atom. The molecule has 4 aromatic rings. The van der Waals surface area contributed by atoms with Crippen molar-refractivity contribution in [3.63, 3.8) is 0 Å². The van der Waals surface area contributed by atoms with Crippen LogP contribution in [0.25, 0.3) is 22.8 Å². The summed E-state index contributed by atoms with van der Waals surface area (Å²) in [7, 11) is 1.62. The highest BCUT2D eigenvalue weighted by Crippen LogP contribution is 2.29. The number of oxazole rings is 1. The van der Waals surface area contributed by atoms with Crippen LogP contribution in [-0.4, -0.2) is 18.0 Å². The van der Waals surface area contributed by atoms with Gasteiger partial charge in [-0.1, -0.05) is 35.9 Å². The van der Waals surface area contributed by atoms with Crippen LogP contribution in [0, 0.1) is 0 Å². The average Bonchev–Trinajstić information content (AvgIpc) is 3.29. The summed E-state index contributed by atoms with van der Waals surface area (Å²) < 4.78 is 11.2. The third-order valence-corrected chi connectivity index (χ3v) is 5.25. The van der Waals surface area contributed by atoms with Crippen LogP contribution in [0.4, 0.5) is 0 Å². The minimum absolute atomic E-state index is 0.183. The molecule has 0 radical (unpaired) electrons. The summed E-state index contributed by atoms with van der Waals surface area (Å²) in [5, 5.41) is 3.68. The summed E-state index contributed by atoms with van der Waals surface area (Å²) in [6.07, 6.45) is 1.65. The first-order valence-corrected chi connectivity index (χ1v) is 10.2. The predicted octanol–water partition coefficient (Wildman–Crippen LogP) is 6.16. The van der Waals surface area contributed by atoms with Crippen molar-refractivity contribution in [2.45, 2.75) is 13.0 Å². The lowest BCUT2D eigenvalue weighted by Crippen LogP contribution is -2.27. The van der Waals surface area contributed by atoms with E-state index in [-0.39, 0.29) is 11.9 Å². The maximum Gasteiger partial charge on any atom is 0.252 e. The second-order valence-corrected chi connectivity index (χ2v) is 7.49. The first-order chi connectivity index (χ1) is 15.0. The Morgan fingerprint density at radius 1 is 1.03 bits per heavy atom. The van der Waals surface area contributed by atoms with Gasteiger partial charge in [-0.05, 0) is 61.0 Å². The minimum atomic E-state index is -0.206. The number of hydrogen-bond acceptors (Lipinski definition) is 4. The van der Waals surface area contributed by atoms with E-state index in [4.69, 9.17) is 20.8 Å². The van der Waals surface area contributed by atoms with E-state index >= 15 is 0 Å². The lowest BCUT2D eigenvalue weighted by atomic mass is 10.0. The average molecular weight is 433 g/mol. The van der Waals surface area contributed by atoms with E-state index in [2.05, 4.69) is 10.3 Å². The zero-order valence-electron chi connectivity index (χ0n) is 17.1. The van der Waals surface area contributed by atoms with E-state index < -0.39 is 0 Å². The van der Waals surface area contributed by atoms with Crippen LogP contribution in [0.1, 0.15) is 28.9 Å². The van der Waals surface area contributed by atoms with Gasteiger partial charge in [0.15, 0.2) is 5.76 Å². The van der Waals surface area contributed by atoms with Crippen molar-refractivity contribution in [3.05, 3.63) is 95.1 Å². The van der Waals surface area contributed by atoms with Gasteiger partial charge in [0, 0.05) is 16.1 Å². The number of aromatic nitrogens is 1. The zero-order chi connectivity index (χ0) is 21.8. The number of carbonyl (C=O) groups is 1. The third-order valence-electron chi connectivity index (χ3n) is 5.00. The van der Waals surface area contributed by atoms with Crippen molar-refractivity contribution in [3.8, 4) is 28.5 Å². The van der Waals surface area contributed by atoms with Crippen LogP contribution in [0.2, 0.25) is 5.02 Å². The van der Waals surface area contributed by atoms with Crippen LogP contribution >= 0.6 is 11.6 Å². The van der Waals surface area contributed by atoms with Gasteiger partial charge in [0.2, 0.25) is 5.89 Å². The lowest BCUT2D eigenvalue weighted by molar-refractivity contribution is 0.0940. The van der Waals surface area contributed by atoms with Gasteiger partial charge >= 0.3 is 0 Å². The molecule has 0 aliphatic carbocycles. The molecule has 0 aliphatic rings. The highest BCUT2D eigenvalue weighted by Gasteiger charge is 2.19. The Balaban J connectivity index is 1.57. The van der Waals surface area contributed by atoms with Gasteiger partial charge in [-0.2, -0.15) is 0 Å². The quantitative estimate of drug-likeness (QED) is 0.396. The van der Waals surface area contributed by atoms with Crippen molar-refractivity contribution >= 4 is 17.5 Å². The molecule has 0 unspecified atom stereocenters. The second-order valence-electron chi connectivity index (χ2n) is 7.05. The number of nitrogens with one attached hydrogen (secondary N) is 1. The topological polar surface area (TPSA) is 64.4 Å². The lowest BCUT2D eigenvalue weighted by Gasteiger charge is -2.15. The van der Waals surface area contributed by atoms with E-state index in [9.17, 15) is 4.79 Å². The third kappa shape index (κ3) is 4.62. The van der Waals surface area contributed by atoms with Crippen LogP contribution < -0.4 is 10.1 Å². The summed E-state index contributed by atoms with van der Waals surface area (Å²) >= 11 is 5.96. The molecule has 31 heavy (non-hydrogen) atoms. The molecule has 1 amide bonds. The Bertz CT molecular complexity index is 1180. The number of halogens is 1. The van der Waals surface area contributed by atoms with Crippen LogP contribution in [0.5, 0.6) is 5.75 Å². The maximum absolute atomic E-state index is 13.0. The summed E-state index contributed by atoms with van der Waals surface area (Å²) in [4.78, 5) is 17.4. The SMILES string of the molecule is COc1ccc(-c2cnc(-c3ccccc3C(=O)N[C@H](C)c3ccc(Cl)cc3)o2)cc1. The standard InChI is InChI=1S/C25H21ClN2O3/c1-16(17-7-11-19(26)12-8-17)28-24(29)21-5-3-4-6-22(21)25-27-15-23(31-25)18-9-13-20(30-2)14-10-18/h3-16H,1-2H3,(H,28,29)/t16-/m1/s1. The first kappa shape index (κ1) is 20.7. The fourth-order valence-corrected chi connectivity index (χ4v) is 3.39. The monoisotopic (exact) mass is 432 g/mol. The fourth-order valence-electron chi connectivity index (χ4n) is 3.26. The Labute approximate surface area is 185 Å². The van der Waals surface area contributed by atoms with Crippen molar-refractivity contribution in [1.29, 1.82) is 0 Å². The highest BCUT2D eigenvalue weighted by atomic mass is 35.5. The van der Waals surface area contributed by atoms with Gasteiger partial charge in [-0.15, -0.1) is 0 Å². The Hall–Kier alpha value is -3.57. The van der Waals surface area contributed by atoms with Crippen molar-refractivity contribution < 1.29 is 13.9 Å². The molecule has 3 aromatic carbocycles. The van der Waals surface area contributed by atoms with E-state index in [0.717, 1.165) is 16.9 Å². The molecule has 5 nitrogen and oxygen atoms in total. The van der Waals surface area contributed by atoms with Crippen LogP contribution in [0.3, 0.4) is 0 Å². The Kier molecular flexibility index (Phi) is 6.05.